The van der Waals surface area contributed by atoms with Gasteiger partial charge in [-0.2, -0.15) is 0 Å². The maximum Gasteiger partial charge on any atom is 0.335 e. The van der Waals surface area contributed by atoms with Gasteiger partial charge in [0.05, 0.1) is 16.3 Å². The molecule has 4 N–H and O–H groups in total. The van der Waals surface area contributed by atoms with E-state index in [0.29, 0.717) is 15.8 Å². The molecular formula is C19H17BrN4O5S. The highest BCUT2D eigenvalue weighted by atomic mass is 79.9. The lowest BCUT2D eigenvalue weighted by atomic mass is 10.1. The molecule has 0 saturated carbocycles. The van der Waals surface area contributed by atoms with Crippen molar-refractivity contribution in [1.29, 1.82) is 0 Å². The molecular weight excluding hydrogens is 476 g/mol. The zero-order valence-electron chi connectivity index (χ0n) is 15.9. The van der Waals surface area contributed by atoms with Crippen LogP contribution in [-0.2, 0) is 10.0 Å². The predicted octanol–water partition coefficient (Wildman–Crippen LogP) is 2.01. The van der Waals surface area contributed by atoms with E-state index < -0.39 is 27.2 Å². The molecule has 0 unspecified atom stereocenters. The number of primary sulfonamides is 1. The van der Waals surface area contributed by atoms with Crippen molar-refractivity contribution in [2.75, 3.05) is 0 Å². The molecule has 0 fully saturated rings. The van der Waals surface area contributed by atoms with Gasteiger partial charge < -0.3 is 5.11 Å². The average Bonchev–Trinajstić information content (AvgIpc) is 2.65. The Bertz CT molecular complexity index is 1390. The molecule has 9 nitrogen and oxygen atoms in total. The minimum atomic E-state index is -3.84. The van der Waals surface area contributed by atoms with Crippen molar-refractivity contribution < 1.29 is 13.5 Å². The molecule has 2 aromatic carbocycles. The smallest absolute Gasteiger partial charge is 0.335 e. The number of sulfonamides is 1. The van der Waals surface area contributed by atoms with Crippen LogP contribution in [0.5, 0.6) is 5.88 Å². The van der Waals surface area contributed by atoms with Crippen LogP contribution in [-0.4, -0.2) is 29.3 Å². The van der Waals surface area contributed by atoms with Crippen LogP contribution in [0.15, 0.2) is 60.3 Å². The first-order chi connectivity index (χ1) is 14.0. The minimum Gasteiger partial charge on any atom is -0.493 e. The molecule has 0 saturated heterocycles. The molecule has 156 valence electrons. The molecule has 3 rings (SSSR count). The van der Waals surface area contributed by atoms with E-state index in [-0.39, 0.29) is 10.5 Å². The van der Waals surface area contributed by atoms with Crippen LogP contribution >= 0.6 is 15.9 Å². The first kappa shape index (κ1) is 21.7. The maximum absolute atomic E-state index is 12.4. The van der Waals surface area contributed by atoms with E-state index in [1.807, 2.05) is 13.8 Å². The van der Waals surface area contributed by atoms with Gasteiger partial charge in [0.15, 0.2) is 0 Å². The summed E-state index contributed by atoms with van der Waals surface area (Å²) in [5.41, 5.74) is 0.656. The van der Waals surface area contributed by atoms with E-state index in [0.717, 1.165) is 21.9 Å². The van der Waals surface area contributed by atoms with Crippen molar-refractivity contribution in [3.63, 3.8) is 0 Å². The molecule has 0 aliphatic heterocycles. The fourth-order valence-corrected chi connectivity index (χ4v) is 3.83. The van der Waals surface area contributed by atoms with Crippen molar-refractivity contribution in [3.8, 4) is 11.6 Å². The van der Waals surface area contributed by atoms with Crippen molar-refractivity contribution in [3.05, 3.63) is 78.4 Å². The fraction of sp³-hybridized carbons (Fsp3) is 0.105. The van der Waals surface area contributed by atoms with Crippen molar-refractivity contribution in [1.82, 2.24) is 9.55 Å². The Kier molecular flexibility index (Phi) is 5.79. The molecule has 0 aliphatic rings. The van der Waals surface area contributed by atoms with E-state index in [4.69, 9.17) is 5.14 Å². The highest BCUT2D eigenvalue weighted by Gasteiger charge is 2.17. The molecule has 30 heavy (non-hydrogen) atoms. The first-order valence-electron chi connectivity index (χ1n) is 8.51. The highest BCUT2D eigenvalue weighted by molar-refractivity contribution is 9.10. The summed E-state index contributed by atoms with van der Waals surface area (Å²) in [6.45, 7) is 3.76. The lowest BCUT2D eigenvalue weighted by Gasteiger charge is -2.13. The predicted molar refractivity (Wildman–Crippen MR) is 117 cm³/mol. The monoisotopic (exact) mass is 492 g/mol. The number of aromatic hydroxyl groups is 1. The minimum absolute atomic E-state index is 0.0877. The normalized spacial score (nSPS) is 11.9. The maximum atomic E-state index is 12.4. The van der Waals surface area contributed by atoms with Gasteiger partial charge in [0.25, 0.3) is 5.56 Å². The van der Waals surface area contributed by atoms with E-state index in [1.165, 1.54) is 24.3 Å². The topological polar surface area (TPSA) is 148 Å². The summed E-state index contributed by atoms with van der Waals surface area (Å²) in [5, 5.41) is 15.7. The van der Waals surface area contributed by atoms with Crippen LogP contribution in [0.1, 0.15) is 16.7 Å². The molecule has 3 aromatic rings. The van der Waals surface area contributed by atoms with Gasteiger partial charge in [-0.1, -0.05) is 0 Å². The Morgan fingerprint density at radius 2 is 1.73 bits per heavy atom. The van der Waals surface area contributed by atoms with E-state index in [2.05, 4.69) is 25.9 Å². The van der Waals surface area contributed by atoms with Crippen molar-refractivity contribution in [2.24, 2.45) is 10.1 Å². The molecule has 0 aliphatic carbocycles. The van der Waals surface area contributed by atoms with Gasteiger partial charge in [-0.05, 0) is 77.3 Å². The molecule has 0 bridgehead atoms. The lowest BCUT2D eigenvalue weighted by Crippen LogP contribution is -2.31. The van der Waals surface area contributed by atoms with Crippen LogP contribution in [0, 0.1) is 13.8 Å². The number of hydrogen-bond donors (Lipinski definition) is 3. The van der Waals surface area contributed by atoms with Crippen molar-refractivity contribution >= 4 is 37.9 Å². The number of nitrogens with two attached hydrogens (primary N) is 1. The summed E-state index contributed by atoms with van der Waals surface area (Å²) in [6.07, 6.45) is 1.09. The standard InChI is InChI=1S/C19H17BrN4O5S/c1-10-7-15(20)16(8-11(10)2)24-18(26)14(17(25)23-19(24)27)9-22-12-3-5-13(6-4-12)30(21,28)29/h3-9,26H,1-2H3,(H2,21,28,29)(H,23,25,27). The molecule has 0 radical (unpaired) electrons. The number of H-pyrrole nitrogens is 1. The van der Waals surface area contributed by atoms with Gasteiger partial charge in [0, 0.05) is 10.7 Å². The van der Waals surface area contributed by atoms with E-state index >= 15 is 0 Å². The Balaban J connectivity index is 2.10. The van der Waals surface area contributed by atoms with Crippen LogP contribution < -0.4 is 16.4 Å². The Morgan fingerprint density at radius 3 is 2.33 bits per heavy atom. The zero-order chi connectivity index (χ0) is 22.2. The number of hydrogen-bond acceptors (Lipinski definition) is 6. The van der Waals surface area contributed by atoms with Gasteiger partial charge in [-0.15, -0.1) is 0 Å². The number of nitrogens with one attached hydrogen (secondary N) is 1. The van der Waals surface area contributed by atoms with Gasteiger partial charge >= 0.3 is 5.69 Å². The van der Waals surface area contributed by atoms with Crippen LogP contribution in [0.25, 0.3) is 5.69 Å². The Morgan fingerprint density at radius 1 is 1.13 bits per heavy atom. The van der Waals surface area contributed by atoms with Crippen LogP contribution in [0.3, 0.4) is 0 Å². The zero-order valence-corrected chi connectivity index (χ0v) is 18.3. The quantitative estimate of drug-likeness (QED) is 0.476. The van der Waals surface area contributed by atoms with Crippen LogP contribution in [0.2, 0.25) is 0 Å². The van der Waals surface area contributed by atoms with E-state index in [9.17, 15) is 23.1 Å². The molecule has 0 atom stereocenters. The summed E-state index contributed by atoms with van der Waals surface area (Å²) in [7, 11) is -3.84. The molecule has 0 amide bonds. The Labute approximate surface area is 179 Å². The highest BCUT2D eigenvalue weighted by Crippen LogP contribution is 2.27. The molecule has 1 aromatic heterocycles. The summed E-state index contributed by atoms with van der Waals surface area (Å²) < 4.78 is 24.1. The fourth-order valence-electron chi connectivity index (χ4n) is 2.68. The second-order valence-electron chi connectivity index (χ2n) is 6.52. The van der Waals surface area contributed by atoms with Crippen LogP contribution in [0.4, 0.5) is 5.69 Å². The van der Waals surface area contributed by atoms with Gasteiger partial charge in [0.2, 0.25) is 15.9 Å². The summed E-state index contributed by atoms with van der Waals surface area (Å²) >= 11 is 3.37. The summed E-state index contributed by atoms with van der Waals surface area (Å²) in [5.74, 6) is -0.586. The third-order valence-corrected chi connectivity index (χ3v) is 6.00. The third kappa shape index (κ3) is 4.27. The second kappa shape index (κ2) is 8.01. The largest absolute Gasteiger partial charge is 0.493 e. The summed E-state index contributed by atoms with van der Waals surface area (Å²) in [4.78, 5) is 30.8. The molecule has 1 heterocycles. The van der Waals surface area contributed by atoms with Crippen molar-refractivity contribution in [2.45, 2.75) is 18.7 Å². The van der Waals surface area contributed by atoms with E-state index in [1.54, 1.807) is 12.1 Å². The lowest BCUT2D eigenvalue weighted by molar-refractivity contribution is 0.430. The number of benzene rings is 2. The third-order valence-electron chi connectivity index (χ3n) is 4.43. The Hall–Kier alpha value is -3.02. The SMILES string of the molecule is Cc1cc(Br)c(-n2c(O)c(C=Nc3ccc(S(N)(=O)=O)cc3)c(=O)[nH]c2=O)cc1C. The number of nitrogens with zero attached hydrogens (tertiary/aromatic N) is 2. The van der Waals surface area contributed by atoms with Gasteiger partial charge in [0.1, 0.15) is 5.56 Å². The second-order valence-corrected chi connectivity index (χ2v) is 8.93. The number of aromatic nitrogens is 2. The number of aliphatic imine (C=N–C) groups is 1. The average molecular weight is 493 g/mol. The summed E-state index contributed by atoms with van der Waals surface area (Å²) in [6, 6.07) is 8.79. The number of halogens is 1. The van der Waals surface area contributed by atoms with Gasteiger partial charge in [-0.25, -0.2) is 22.9 Å². The molecule has 11 heteroatoms. The molecule has 0 spiro atoms. The number of aromatic amines is 1. The van der Waals surface area contributed by atoms with Gasteiger partial charge in [-0.3, -0.25) is 14.8 Å². The number of aryl methyl sites for hydroxylation is 2. The first-order valence-corrected chi connectivity index (χ1v) is 10.9. The number of rotatable bonds is 4.